The van der Waals surface area contributed by atoms with Gasteiger partial charge in [-0.05, 0) is 54.9 Å². The molecule has 0 aromatic heterocycles. The maximum Gasteiger partial charge on any atom is 0.187 e. The third-order valence-electron chi connectivity index (χ3n) is 4.74. The van der Waals surface area contributed by atoms with Gasteiger partial charge in [-0.25, -0.2) is 0 Å². The summed E-state index contributed by atoms with van der Waals surface area (Å²) in [6.07, 6.45) is 8.09. The van der Waals surface area contributed by atoms with E-state index in [0.717, 1.165) is 16.9 Å². The molecule has 0 radical (unpaired) electrons. The summed E-state index contributed by atoms with van der Waals surface area (Å²) in [5.41, 5.74) is 6.25. The number of nitrogens with one attached hydrogen (secondary N) is 2. The average Bonchev–Trinajstić information content (AvgIpc) is 2.69. The van der Waals surface area contributed by atoms with Crippen LogP contribution in [0.5, 0.6) is 0 Å². The summed E-state index contributed by atoms with van der Waals surface area (Å²) in [5.74, 6) is 0. The fourth-order valence-corrected chi connectivity index (χ4v) is 3.43. The number of hydrogen-bond acceptors (Lipinski definition) is 3. The number of thiocarbonyl (C=S) groups is 1. The molecule has 0 aliphatic heterocycles. The molecule has 0 heterocycles. The molecule has 0 spiro atoms. The number of rotatable bonds is 5. The summed E-state index contributed by atoms with van der Waals surface area (Å²) < 4.78 is 0. The number of para-hydroxylation sites is 1. The van der Waals surface area contributed by atoms with Crippen LogP contribution in [0.3, 0.4) is 0 Å². The van der Waals surface area contributed by atoms with E-state index in [1.807, 2.05) is 18.2 Å². The molecule has 0 saturated heterocycles. The van der Waals surface area contributed by atoms with Crippen LogP contribution in [0, 0.1) is 0 Å². The van der Waals surface area contributed by atoms with Crippen molar-refractivity contribution in [1.29, 1.82) is 0 Å². The average molecular weight is 367 g/mol. The lowest BCUT2D eigenvalue weighted by Crippen LogP contribution is -2.40. The fraction of sp³-hybridized carbons (Fsp3) is 0.333. The largest absolute Gasteiger partial charge is 0.359 e. The first-order chi connectivity index (χ1) is 12.7. The molecule has 1 aliphatic carbocycles. The van der Waals surface area contributed by atoms with Crippen LogP contribution in [0.1, 0.15) is 37.7 Å². The van der Waals surface area contributed by atoms with Gasteiger partial charge in [0.2, 0.25) is 0 Å². The van der Waals surface area contributed by atoms with Crippen molar-refractivity contribution >= 4 is 34.9 Å². The molecule has 26 heavy (non-hydrogen) atoms. The molecule has 0 atom stereocenters. The second kappa shape index (κ2) is 9.34. The van der Waals surface area contributed by atoms with Crippen molar-refractivity contribution in [3.63, 3.8) is 0 Å². The molecule has 4 nitrogen and oxygen atoms in total. The Labute approximate surface area is 161 Å². The molecule has 136 valence electrons. The molecule has 0 bridgehead atoms. The lowest BCUT2D eigenvalue weighted by Gasteiger charge is -2.23. The van der Waals surface area contributed by atoms with Gasteiger partial charge in [0.25, 0.3) is 0 Å². The number of hydrazone groups is 1. The van der Waals surface area contributed by atoms with E-state index in [4.69, 9.17) is 12.2 Å². The summed E-state index contributed by atoms with van der Waals surface area (Å²) in [4.78, 5) is 2.16. The Morgan fingerprint density at radius 3 is 2.35 bits per heavy atom. The first-order valence-corrected chi connectivity index (χ1v) is 9.61. The Hall–Kier alpha value is -2.40. The Morgan fingerprint density at radius 2 is 1.65 bits per heavy atom. The predicted octanol–water partition coefficient (Wildman–Crippen LogP) is 4.59. The van der Waals surface area contributed by atoms with Gasteiger partial charge in [-0.2, -0.15) is 5.10 Å². The summed E-state index contributed by atoms with van der Waals surface area (Å²) in [7, 11) is 2.06. The molecule has 2 N–H and O–H groups in total. The molecule has 5 heteroatoms. The second-order valence-electron chi connectivity index (χ2n) is 6.66. The number of anilines is 2. The van der Waals surface area contributed by atoms with Crippen molar-refractivity contribution in [2.45, 2.75) is 38.1 Å². The Morgan fingerprint density at radius 1 is 1.00 bits per heavy atom. The van der Waals surface area contributed by atoms with Crippen LogP contribution >= 0.6 is 12.2 Å². The molecule has 2 aromatic carbocycles. The summed E-state index contributed by atoms with van der Waals surface area (Å²) in [5, 5.41) is 8.20. The van der Waals surface area contributed by atoms with E-state index < -0.39 is 0 Å². The lowest BCUT2D eigenvalue weighted by molar-refractivity contribution is 0.412. The summed E-state index contributed by atoms with van der Waals surface area (Å²) >= 11 is 5.32. The Kier molecular flexibility index (Phi) is 6.61. The van der Waals surface area contributed by atoms with E-state index in [-0.39, 0.29) is 0 Å². The third-order valence-corrected chi connectivity index (χ3v) is 4.95. The maximum atomic E-state index is 5.32. The molecule has 0 amide bonds. The van der Waals surface area contributed by atoms with E-state index in [1.54, 1.807) is 6.21 Å². The van der Waals surface area contributed by atoms with Crippen LogP contribution in [0.15, 0.2) is 59.7 Å². The zero-order valence-corrected chi connectivity index (χ0v) is 16.0. The smallest absolute Gasteiger partial charge is 0.187 e. The first kappa shape index (κ1) is 18.4. The molecule has 1 aliphatic rings. The van der Waals surface area contributed by atoms with Gasteiger partial charge < -0.3 is 10.2 Å². The lowest BCUT2D eigenvalue weighted by atomic mass is 9.96. The van der Waals surface area contributed by atoms with Crippen molar-refractivity contribution in [1.82, 2.24) is 10.7 Å². The number of nitrogens with zero attached hydrogens (tertiary/aromatic N) is 2. The summed E-state index contributed by atoms with van der Waals surface area (Å²) in [6, 6.07) is 19.1. The highest BCUT2D eigenvalue weighted by molar-refractivity contribution is 7.80. The van der Waals surface area contributed by atoms with E-state index in [9.17, 15) is 0 Å². The van der Waals surface area contributed by atoms with Gasteiger partial charge in [0.05, 0.1) is 6.21 Å². The van der Waals surface area contributed by atoms with Crippen molar-refractivity contribution in [2.24, 2.45) is 5.10 Å². The van der Waals surface area contributed by atoms with Gasteiger partial charge in [0.1, 0.15) is 0 Å². The van der Waals surface area contributed by atoms with Crippen LogP contribution in [0.4, 0.5) is 11.4 Å². The highest BCUT2D eigenvalue weighted by atomic mass is 32.1. The Bertz CT molecular complexity index is 721. The molecule has 2 aromatic rings. The minimum atomic E-state index is 0.492. The first-order valence-electron chi connectivity index (χ1n) is 9.21. The van der Waals surface area contributed by atoms with Crippen LogP contribution < -0.4 is 15.6 Å². The van der Waals surface area contributed by atoms with Crippen molar-refractivity contribution in [2.75, 3.05) is 11.9 Å². The zero-order valence-electron chi connectivity index (χ0n) is 15.2. The molecule has 1 saturated carbocycles. The van der Waals surface area contributed by atoms with Gasteiger partial charge in [-0.15, -0.1) is 0 Å². The molecule has 1 fully saturated rings. The van der Waals surface area contributed by atoms with Gasteiger partial charge in [-0.1, -0.05) is 49.6 Å². The summed E-state index contributed by atoms with van der Waals surface area (Å²) in [6.45, 7) is 0. The molecular weight excluding hydrogens is 340 g/mol. The van der Waals surface area contributed by atoms with Gasteiger partial charge in [0, 0.05) is 24.5 Å². The van der Waals surface area contributed by atoms with Gasteiger partial charge >= 0.3 is 0 Å². The van der Waals surface area contributed by atoms with Crippen LogP contribution in [-0.4, -0.2) is 24.4 Å². The highest BCUT2D eigenvalue weighted by Crippen LogP contribution is 2.23. The van der Waals surface area contributed by atoms with E-state index in [2.05, 4.69) is 64.2 Å². The number of benzene rings is 2. The van der Waals surface area contributed by atoms with Crippen LogP contribution in [-0.2, 0) is 0 Å². The normalized spacial score (nSPS) is 15.0. The van der Waals surface area contributed by atoms with Crippen molar-refractivity contribution in [3.05, 3.63) is 60.2 Å². The van der Waals surface area contributed by atoms with Crippen LogP contribution in [0.25, 0.3) is 0 Å². The van der Waals surface area contributed by atoms with Crippen LogP contribution in [0.2, 0.25) is 0 Å². The van der Waals surface area contributed by atoms with Gasteiger partial charge in [-0.3, -0.25) is 5.43 Å². The maximum absolute atomic E-state index is 5.32. The monoisotopic (exact) mass is 366 g/mol. The topological polar surface area (TPSA) is 39.7 Å². The fourth-order valence-electron chi connectivity index (χ4n) is 3.21. The van der Waals surface area contributed by atoms with Gasteiger partial charge in [0.15, 0.2) is 5.11 Å². The van der Waals surface area contributed by atoms with Crippen molar-refractivity contribution < 1.29 is 0 Å². The van der Waals surface area contributed by atoms with E-state index in [1.165, 1.54) is 32.1 Å². The minimum absolute atomic E-state index is 0.492. The predicted molar refractivity (Wildman–Crippen MR) is 114 cm³/mol. The Balaban J connectivity index is 1.50. The zero-order chi connectivity index (χ0) is 18.2. The molecule has 3 rings (SSSR count). The SMILES string of the molecule is CN(c1ccccc1)c1ccc(C=NNC(=S)NC2CCCCC2)cc1. The quantitative estimate of drug-likeness (QED) is 0.461. The second-order valence-corrected chi connectivity index (χ2v) is 7.07. The van der Waals surface area contributed by atoms with Crippen molar-refractivity contribution in [3.8, 4) is 0 Å². The molecule has 0 unspecified atom stereocenters. The highest BCUT2D eigenvalue weighted by Gasteiger charge is 2.13. The third kappa shape index (κ3) is 5.30. The number of hydrogen-bond donors (Lipinski definition) is 2. The standard InChI is InChI=1S/C21H26N4S/c1-25(19-10-6-3-7-11-19)20-14-12-17(13-15-20)16-22-24-21(26)23-18-8-4-2-5-9-18/h3,6-7,10-16,18H,2,4-5,8-9H2,1H3,(H2,23,24,26). The van der Waals surface area contributed by atoms with E-state index >= 15 is 0 Å². The minimum Gasteiger partial charge on any atom is -0.359 e. The van der Waals surface area contributed by atoms with E-state index in [0.29, 0.717) is 11.2 Å². The molecular formula is C21H26N4S.